The van der Waals surface area contributed by atoms with Crippen LogP contribution in [0.3, 0.4) is 0 Å². The number of aliphatic hydroxyl groups is 1. The Morgan fingerprint density at radius 2 is 1.70 bits per heavy atom. The third-order valence-corrected chi connectivity index (χ3v) is 4.64. The van der Waals surface area contributed by atoms with Crippen LogP contribution >= 0.6 is 0 Å². The summed E-state index contributed by atoms with van der Waals surface area (Å²) in [6.45, 7) is 3.95. The van der Waals surface area contributed by atoms with Gasteiger partial charge in [-0.25, -0.2) is 0 Å². The van der Waals surface area contributed by atoms with Gasteiger partial charge in [0.2, 0.25) is 0 Å². The van der Waals surface area contributed by atoms with Crippen molar-refractivity contribution >= 4 is 0 Å². The molecule has 0 radical (unpaired) electrons. The molecule has 0 aliphatic heterocycles. The molecule has 1 nitrogen and oxygen atoms in total. The van der Waals surface area contributed by atoms with E-state index in [0.717, 1.165) is 11.1 Å². The maximum absolute atomic E-state index is 10.9. The van der Waals surface area contributed by atoms with Crippen LogP contribution in [0.15, 0.2) is 48.5 Å². The summed E-state index contributed by atoms with van der Waals surface area (Å²) in [4.78, 5) is 0. The molecular weight excluding hydrogens is 244 g/mol. The highest BCUT2D eigenvalue weighted by atomic mass is 16.3. The molecule has 1 fully saturated rings. The molecule has 0 aromatic heterocycles. The molecule has 1 N–H and O–H groups in total. The molecule has 3 rings (SSSR count). The SMILES string of the molecule is Cc1ccc(C(C)(O)c2cccc(C3CCC3)c2)cc1. The summed E-state index contributed by atoms with van der Waals surface area (Å²) in [6, 6.07) is 16.6. The van der Waals surface area contributed by atoms with Crippen molar-refractivity contribution in [2.24, 2.45) is 0 Å². The average Bonchev–Trinajstić information content (AvgIpc) is 2.37. The minimum absolute atomic E-state index is 0.698. The average molecular weight is 266 g/mol. The Balaban J connectivity index is 1.95. The molecule has 0 spiro atoms. The molecular formula is C19H22O. The van der Waals surface area contributed by atoms with Crippen molar-refractivity contribution in [1.82, 2.24) is 0 Å². The molecule has 1 aliphatic rings. The largest absolute Gasteiger partial charge is 0.381 e. The van der Waals surface area contributed by atoms with Crippen LogP contribution < -0.4 is 0 Å². The lowest BCUT2D eigenvalue weighted by atomic mass is 9.78. The highest BCUT2D eigenvalue weighted by Crippen LogP contribution is 2.38. The van der Waals surface area contributed by atoms with Crippen molar-refractivity contribution in [2.45, 2.75) is 44.6 Å². The molecule has 2 aromatic rings. The van der Waals surface area contributed by atoms with Crippen molar-refractivity contribution < 1.29 is 5.11 Å². The van der Waals surface area contributed by atoms with Gasteiger partial charge in [-0.05, 0) is 49.3 Å². The maximum atomic E-state index is 10.9. The number of hydrogen-bond acceptors (Lipinski definition) is 1. The van der Waals surface area contributed by atoms with E-state index in [-0.39, 0.29) is 0 Å². The molecule has 104 valence electrons. The molecule has 1 unspecified atom stereocenters. The van der Waals surface area contributed by atoms with E-state index in [1.165, 1.54) is 30.4 Å². The third-order valence-electron chi connectivity index (χ3n) is 4.64. The Morgan fingerprint density at radius 1 is 1.00 bits per heavy atom. The predicted octanol–water partition coefficient (Wildman–Crippen LogP) is 4.52. The predicted molar refractivity (Wildman–Crippen MR) is 82.9 cm³/mol. The van der Waals surface area contributed by atoms with Crippen molar-refractivity contribution in [1.29, 1.82) is 0 Å². The monoisotopic (exact) mass is 266 g/mol. The van der Waals surface area contributed by atoms with E-state index < -0.39 is 5.60 Å². The number of benzene rings is 2. The fourth-order valence-corrected chi connectivity index (χ4v) is 2.88. The second kappa shape index (κ2) is 5.06. The minimum Gasteiger partial charge on any atom is -0.381 e. The minimum atomic E-state index is -0.923. The van der Waals surface area contributed by atoms with E-state index >= 15 is 0 Å². The van der Waals surface area contributed by atoms with Gasteiger partial charge in [-0.1, -0.05) is 60.5 Å². The summed E-state index contributed by atoms with van der Waals surface area (Å²) in [5.41, 5.74) is 3.61. The van der Waals surface area contributed by atoms with Crippen molar-refractivity contribution in [3.8, 4) is 0 Å². The first-order chi connectivity index (χ1) is 9.57. The summed E-state index contributed by atoms with van der Waals surface area (Å²) in [5.74, 6) is 0.698. The van der Waals surface area contributed by atoms with E-state index in [2.05, 4.69) is 37.3 Å². The van der Waals surface area contributed by atoms with Crippen LogP contribution in [0.4, 0.5) is 0 Å². The summed E-state index contributed by atoms with van der Waals surface area (Å²) < 4.78 is 0. The van der Waals surface area contributed by atoms with Crippen molar-refractivity contribution in [3.63, 3.8) is 0 Å². The summed E-state index contributed by atoms with van der Waals surface area (Å²) in [7, 11) is 0. The quantitative estimate of drug-likeness (QED) is 0.866. The van der Waals surface area contributed by atoms with Gasteiger partial charge >= 0.3 is 0 Å². The van der Waals surface area contributed by atoms with Crippen LogP contribution in [-0.4, -0.2) is 5.11 Å². The van der Waals surface area contributed by atoms with Gasteiger partial charge in [0.1, 0.15) is 5.60 Å². The fourth-order valence-electron chi connectivity index (χ4n) is 2.88. The molecule has 20 heavy (non-hydrogen) atoms. The molecule has 1 saturated carbocycles. The normalized spacial score (nSPS) is 18.4. The lowest BCUT2D eigenvalue weighted by molar-refractivity contribution is 0.102. The number of rotatable bonds is 3. The third kappa shape index (κ3) is 2.38. The van der Waals surface area contributed by atoms with E-state index in [1.807, 2.05) is 25.1 Å². The van der Waals surface area contributed by atoms with E-state index in [4.69, 9.17) is 0 Å². The van der Waals surface area contributed by atoms with Gasteiger partial charge in [0.05, 0.1) is 0 Å². The van der Waals surface area contributed by atoms with Crippen molar-refractivity contribution in [3.05, 3.63) is 70.8 Å². The first-order valence-electron chi connectivity index (χ1n) is 7.47. The standard InChI is InChI=1S/C19H22O/c1-14-9-11-17(12-10-14)19(2,20)18-8-4-7-16(13-18)15-5-3-6-15/h4,7-13,15,20H,3,5-6H2,1-2H3. The summed E-state index contributed by atoms with van der Waals surface area (Å²) in [5, 5.41) is 10.9. The molecule has 2 aromatic carbocycles. The van der Waals surface area contributed by atoms with Crippen LogP contribution in [-0.2, 0) is 5.60 Å². The highest BCUT2D eigenvalue weighted by Gasteiger charge is 2.27. The van der Waals surface area contributed by atoms with Gasteiger partial charge in [-0.15, -0.1) is 0 Å². The van der Waals surface area contributed by atoms with Gasteiger partial charge in [0.25, 0.3) is 0 Å². The first kappa shape index (κ1) is 13.4. The molecule has 1 atom stereocenters. The lowest BCUT2D eigenvalue weighted by Gasteiger charge is -2.29. The lowest BCUT2D eigenvalue weighted by Crippen LogP contribution is -2.23. The van der Waals surface area contributed by atoms with Gasteiger partial charge in [-0.2, -0.15) is 0 Å². The van der Waals surface area contributed by atoms with E-state index in [0.29, 0.717) is 5.92 Å². The Labute approximate surface area is 121 Å². The van der Waals surface area contributed by atoms with Crippen LogP contribution in [0.1, 0.15) is 54.4 Å². The van der Waals surface area contributed by atoms with Gasteiger partial charge < -0.3 is 5.11 Å². The zero-order chi connectivity index (χ0) is 14.2. The first-order valence-corrected chi connectivity index (χ1v) is 7.47. The molecule has 0 heterocycles. The maximum Gasteiger partial charge on any atom is 0.112 e. The van der Waals surface area contributed by atoms with Crippen LogP contribution in [0.5, 0.6) is 0 Å². The second-order valence-electron chi connectivity index (χ2n) is 6.19. The second-order valence-corrected chi connectivity index (χ2v) is 6.19. The van der Waals surface area contributed by atoms with E-state index in [9.17, 15) is 5.11 Å². The van der Waals surface area contributed by atoms with Gasteiger partial charge in [-0.3, -0.25) is 0 Å². The molecule has 0 saturated heterocycles. The Bertz CT molecular complexity index is 591. The zero-order valence-electron chi connectivity index (χ0n) is 12.3. The smallest absolute Gasteiger partial charge is 0.112 e. The molecule has 1 aliphatic carbocycles. The molecule has 1 heteroatoms. The molecule has 0 amide bonds. The van der Waals surface area contributed by atoms with Crippen LogP contribution in [0.2, 0.25) is 0 Å². The number of aryl methyl sites for hydroxylation is 1. The Kier molecular flexibility index (Phi) is 3.39. The zero-order valence-corrected chi connectivity index (χ0v) is 12.3. The van der Waals surface area contributed by atoms with Crippen molar-refractivity contribution in [2.75, 3.05) is 0 Å². The summed E-state index contributed by atoms with van der Waals surface area (Å²) >= 11 is 0. The van der Waals surface area contributed by atoms with Gasteiger partial charge in [0.15, 0.2) is 0 Å². The van der Waals surface area contributed by atoms with Crippen LogP contribution in [0.25, 0.3) is 0 Å². The molecule has 0 bridgehead atoms. The fraction of sp³-hybridized carbons (Fsp3) is 0.368. The van der Waals surface area contributed by atoms with Crippen LogP contribution in [0, 0.1) is 6.92 Å². The Hall–Kier alpha value is -1.60. The topological polar surface area (TPSA) is 20.2 Å². The number of hydrogen-bond donors (Lipinski definition) is 1. The van der Waals surface area contributed by atoms with E-state index in [1.54, 1.807) is 0 Å². The summed E-state index contributed by atoms with van der Waals surface area (Å²) in [6.07, 6.45) is 3.91. The Morgan fingerprint density at radius 3 is 2.30 bits per heavy atom. The highest BCUT2D eigenvalue weighted by molar-refractivity contribution is 5.39. The van der Waals surface area contributed by atoms with Gasteiger partial charge in [0, 0.05) is 0 Å².